The third-order valence-corrected chi connectivity index (χ3v) is 6.90. The molecule has 36 heavy (non-hydrogen) atoms. The number of benzene rings is 2. The van der Waals surface area contributed by atoms with Gasteiger partial charge in [0.05, 0.1) is 5.41 Å². The fraction of sp³-hybridized carbons (Fsp3) is 0.594. The van der Waals surface area contributed by atoms with E-state index in [2.05, 4.69) is 41.5 Å². The summed E-state index contributed by atoms with van der Waals surface area (Å²) >= 11 is 0. The van der Waals surface area contributed by atoms with Crippen LogP contribution in [0.3, 0.4) is 0 Å². The second kappa shape index (κ2) is 13.7. The molecule has 0 bridgehead atoms. The maximum atomic E-state index is 11.5. The van der Waals surface area contributed by atoms with Crippen LogP contribution in [0.5, 0.6) is 11.5 Å². The van der Waals surface area contributed by atoms with E-state index < -0.39 is 0 Å². The number of phenols is 2. The summed E-state index contributed by atoms with van der Waals surface area (Å²) in [5.41, 5.74) is 2.27. The number of hydrogen-bond donors (Lipinski definition) is 2. The molecule has 0 amide bonds. The second-order valence-electron chi connectivity index (χ2n) is 12.3. The molecule has 2 aromatic rings. The molecule has 0 radical (unpaired) electrons. The summed E-state index contributed by atoms with van der Waals surface area (Å²) in [6.45, 7) is 24.6. The van der Waals surface area contributed by atoms with Gasteiger partial charge in [0.25, 0.3) is 0 Å². The standard InChI is InChI=1S/2C11H16O.C10H20O2/c2*1-4-11(2,3)9-5-7-10(12)8-6-9;1-7-10(5,6)8(11)12-9(2,3)4/h2*5-8,12H,4H2,1-3H3;7H2,1-6H3. The van der Waals surface area contributed by atoms with Gasteiger partial charge < -0.3 is 14.9 Å². The van der Waals surface area contributed by atoms with Gasteiger partial charge >= 0.3 is 5.97 Å². The summed E-state index contributed by atoms with van der Waals surface area (Å²) in [7, 11) is 0. The van der Waals surface area contributed by atoms with Gasteiger partial charge in [0, 0.05) is 0 Å². The monoisotopic (exact) mass is 500 g/mol. The van der Waals surface area contributed by atoms with Crippen molar-refractivity contribution < 1.29 is 19.7 Å². The number of carbonyl (C=O) groups excluding carboxylic acids is 1. The molecule has 0 aromatic heterocycles. The molecule has 204 valence electrons. The summed E-state index contributed by atoms with van der Waals surface area (Å²) in [5.74, 6) is 0.564. The number of carbonyl (C=O) groups is 1. The molecule has 0 saturated carbocycles. The quantitative estimate of drug-likeness (QED) is 0.389. The second-order valence-corrected chi connectivity index (χ2v) is 12.3. The molecule has 2 N–H and O–H groups in total. The molecule has 2 aromatic carbocycles. The van der Waals surface area contributed by atoms with Crippen molar-refractivity contribution in [3.63, 3.8) is 0 Å². The number of rotatable bonds is 6. The molecule has 0 aliphatic heterocycles. The molecule has 4 nitrogen and oxygen atoms in total. The Morgan fingerprint density at radius 1 is 0.611 bits per heavy atom. The zero-order valence-corrected chi connectivity index (χ0v) is 25.0. The van der Waals surface area contributed by atoms with Gasteiger partial charge in [-0.05, 0) is 100 Å². The Morgan fingerprint density at radius 2 is 0.917 bits per heavy atom. The first-order valence-corrected chi connectivity index (χ1v) is 13.1. The highest BCUT2D eigenvalue weighted by molar-refractivity contribution is 5.76. The Kier molecular flexibility index (Phi) is 12.8. The van der Waals surface area contributed by atoms with Gasteiger partial charge in [-0.3, -0.25) is 4.79 Å². The Balaban J connectivity index is 0.000000510. The van der Waals surface area contributed by atoms with E-state index >= 15 is 0 Å². The molecule has 4 heteroatoms. The lowest BCUT2D eigenvalue weighted by Gasteiger charge is -2.27. The molecule has 0 unspecified atom stereocenters. The fourth-order valence-corrected chi connectivity index (χ4v) is 2.79. The summed E-state index contributed by atoms with van der Waals surface area (Å²) in [6.07, 6.45) is 3.03. The van der Waals surface area contributed by atoms with Crippen LogP contribution in [0.25, 0.3) is 0 Å². The lowest BCUT2D eigenvalue weighted by atomic mass is 9.82. The van der Waals surface area contributed by atoms with Gasteiger partial charge in [0.1, 0.15) is 17.1 Å². The zero-order chi connectivity index (χ0) is 28.4. The van der Waals surface area contributed by atoms with Crippen LogP contribution >= 0.6 is 0 Å². The molecule has 0 saturated heterocycles. The van der Waals surface area contributed by atoms with Crippen molar-refractivity contribution in [3.8, 4) is 11.5 Å². The van der Waals surface area contributed by atoms with E-state index in [0.717, 1.165) is 19.3 Å². The van der Waals surface area contributed by atoms with Gasteiger partial charge in [-0.2, -0.15) is 0 Å². The Morgan fingerprint density at radius 3 is 1.14 bits per heavy atom. The summed E-state index contributed by atoms with van der Waals surface area (Å²) in [6, 6.07) is 14.9. The lowest BCUT2D eigenvalue weighted by molar-refractivity contribution is -0.165. The Bertz CT molecular complexity index is 841. The van der Waals surface area contributed by atoms with E-state index in [9.17, 15) is 4.79 Å². The Hall–Kier alpha value is -2.49. The predicted octanol–water partition coefficient (Wildman–Crippen LogP) is 8.92. The normalized spacial score (nSPS) is 12.0. The van der Waals surface area contributed by atoms with Crippen LogP contribution in [-0.4, -0.2) is 21.8 Å². The molecule has 0 aliphatic carbocycles. The van der Waals surface area contributed by atoms with Crippen molar-refractivity contribution in [1.82, 2.24) is 0 Å². The van der Waals surface area contributed by atoms with E-state index in [0.29, 0.717) is 11.5 Å². The third-order valence-electron chi connectivity index (χ3n) is 6.90. The van der Waals surface area contributed by atoms with Crippen LogP contribution in [-0.2, 0) is 20.4 Å². The average molecular weight is 501 g/mol. The van der Waals surface area contributed by atoms with Crippen LogP contribution in [0.15, 0.2) is 48.5 Å². The number of aromatic hydroxyl groups is 2. The van der Waals surface area contributed by atoms with Crippen LogP contribution in [0.2, 0.25) is 0 Å². The van der Waals surface area contributed by atoms with E-state index in [-0.39, 0.29) is 27.8 Å². The largest absolute Gasteiger partial charge is 0.508 e. The maximum Gasteiger partial charge on any atom is 0.312 e. The lowest BCUT2D eigenvalue weighted by Crippen LogP contribution is -2.33. The van der Waals surface area contributed by atoms with Crippen molar-refractivity contribution in [2.45, 2.75) is 119 Å². The van der Waals surface area contributed by atoms with Gasteiger partial charge in [-0.25, -0.2) is 0 Å². The summed E-state index contributed by atoms with van der Waals surface area (Å²) < 4.78 is 5.25. The van der Waals surface area contributed by atoms with E-state index in [4.69, 9.17) is 14.9 Å². The van der Waals surface area contributed by atoms with Gasteiger partial charge in [0.2, 0.25) is 0 Å². The minimum absolute atomic E-state index is 0.113. The summed E-state index contributed by atoms with van der Waals surface area (Å²) in [4.78, 5) is 11.5. The van der Waals surface area contributed by atoms with Crippen molar-refractivity contribution >= 4 is 5.97 Å². The fourth-order valence-electron chi connectivity index (χ4n) is 2.79. The van der Waals surface area contributed by atoms with E-state index in [1.807, 2.05) is 65.8 Å². The molecular weight excluding hydrogens is 448 g/mol. The smallest absolute Gasteiger partial charge is 0.312 e. The zero-order valence-electron chi connectivity index (χ0n) is 25.0. The Labute approximate surface area is 221 Å². The van der Waals surface area contributed by atoms with Crippen molar-refractivity contribution in [2.24, 2.45) is 5.41 Å². The van der Waals surface area contributed by atoms with E-state index in [1.165, 1.54) is 11.1 Å². The van der Waals surface area contributed by atoms with Crippen LogP contribution < -0.4 is 0 Å². The minimum atomic E-state index is -0.372. The highest BCUT2D eigenvalue weighted by Gasteiger charge is 2.30. The molecule has 0 heterocycles. The van der Waals surface area contributed by atoms with Gasteiger partial charge in [0.15, 0.2) is 0 Å². The van der Waals surface area contributed by atoms with Crippen molar-refractivity contribution in [2.75, 3.05) is 0 Å². The van der Waals surface area contributed by atoms with Crippen LogP contribution in [0, 0.1) is 5.41 Å². The predicted molar refractivity (Wildman–Crippen MR) is 153 cm³/mol. The number of phenolic OH excluding ortho intramolecular Hbond substituents is 2. The third kappa shape index (κ3) is 12.0. The molecule has 0 atom stereocenters. The maximum absolute atomic E-state index is 11.5. The first kappa shape index (κ1) is 33.5. The minimum Gasteiger partial charge on any atom is -0.508 e. The van der Waals surface area contributed by atoms with Gasteiger partial charge in [-0.1, -0.05) is 72.7 Å². The van der Waals surface area contributed by atoms with Crippen LogP contribution in [0.4, 0.5) is 0 Å². The highest BCUT2D eigenvalue weighted by atomic mass is 16.6. The molecule has 0 aliphatic rings. The van der Waals surface area contributed by atoms with Crippen LogP contribution in [0.1, 0.15) is 113 Å². The first-order chi connectivity index (χ1) is 16.3. The van der Waals surface area contributed by atoms with Crippen molar-refractivity contribution in [3.05, 3.63) is 59.7 Å². The average Bonchev–Trinajstić information content (AvgIpc) is 2.79. The topological polar surface area (TPSA) is 66.8 Å². The number of esters is 1. The SMILES string of the molecule is CCC(C)(C)C(=O)OC(C)(C)C.CCC(C)(C)c1ccc(O)cc1.CCC(C)(C)c1ccc(O)cc1. The number of ether oxygens (including phenoxy) is 1. The number of hydrogen-bond acceptors (Lipinski definition) is 4. The molecule has 0 spiro atoms. The molecule has 0 fully saturated rings. The van der Waals surface area contributed by atoms with Gasteiger partial charge in [-0.15, -0.1) is 0 Å². The molecular formula is C32H52O4. The highest BCUT2D eigenvalue weighted by Crippen LogP contribution is 2.28. The summed E-state index contributed by atoms with van der Waals surface area (Å²) in [5, 5.41) is 18.2. The van der Waals surface area contributed by atoms with E-state index in [1.54, 1.807) is 24.3 Å². The molecule has 2 rings (SSSR count). The first-order valence-electron chi connectivity index (χ1n) is 13.1. The van der Waals surface area contributed by atoms with Crippen molar-refractivity contribution in [1.29, 1.82) is 0 Å².